The van der Waals surface area contributed by atoms with Crippen LogP contribution in [0.3, 0.4) is 0 Å². The van der Waals surface area contributed by atoms with E-state index >= 15 is 0 Å². The van der Waals surface area contributed by atoms with E-state index < -0.39 is 0 Å². The van der Waals surface area contributed by atoms with Crippen LogP contribution in [0.15, 0.2) is 6.20 Å². The molecule has 0 bridgehead atoms. The van der Waals surface area contributed by atoms with Gasteiger partial charge >= 0.3 is 0 Å². The van der Waals surface area contributed by atoms with Crippen LogP contribution < -0.4 is 0 Å². The van der Waals surface area contributed by atoms with Crippen LogP contribution in [0.5, 0.6) is 0 Å². The molecule has 2 heterocycles. The van der Waals surface area contributed by atoms with Crippen LogP contribution >= 0.6 is 0 Å². The number of aliphatic hydroxyl groups is 1. The zero-order valence-electron chi connectivity index (χ0n) is 13.2. The third-order valence-corrected chi connectivity index (χ3v) is 4.60. The number of aliphatic hydroxyl groups excluding tert-OH is 1. The quantitative estimate of drug-likeness (QED) is 0.872. The van der Waals surface area contributed by atoms with Gasteiger partial charge in [0.05, 0.1) is 6.20 Å². The normalized spacial score (nSPS) is 24.5. The molecule has 0 amide bonds. The summed E-state index contributed by atoms with van der Waals surface area (Å²) in [5, 5.41) is 13.9. The summed E-state index contributed by atoms with van der Waals surface area (Å²) in [5.41, 5.74) is 2.60. The van der Waals surface area contributed by atoms with E-state index in [0.717, 1.165) is 32.6 Å². The number of rotatable bonds is 5. The first kappa shape index (κ1) is 15.5. The van der Waals surface area contributed by atoms with E-state index in [0.29, 0.717) is 18.6 Å². The van der Waals surface area contributed by atoms with Crippen molar-refractivity contribution < 1.29 is 5.11 Å². The molecule has 114 valence electrons. The largest absolute Gasteiger partial charge is 0.396 e. The predicted molar refractivity (Wildman–Crippen MR) is 80.6 cm³/mol. The van der Waals surface area contributed by atoms with Gasteiger partial charge in [-0.3, -0.25) is 9.58 Å². The summed E-state index contributed by atoms with van der Waals surface area (Å²) >= 11 is 0. The lowest BCUT2D eigenvalue weighted by atomic mass is 9.91. The van der Waals surface area contributed by atoms with Gasteiger partial charge in [-0.05, 0) is 46.8 Å². The second kappa shape index (κ2) is 6.70. The van der Waals surface area contributed by atoms with Crippen molar-refractivity contribution in [3.8, 4) is 0 Å². The molecule has 1 N–H and O–H groups in total. The molecule has 20 heavy (non-hydrogen) atoms. The van der Waals surface area contributed by atoms with E-state index in [1.807, 2.05) is 6.20 Å². The third kappa shape index (κ3) is 3.22. The Balaban J connectivity index is 2.01. The topological polar surface area (TPSA) is 44.5 Å². The Bertz CT molecular complexity index is 430. The standard InChI is InChI=1S/C15H28N4O/c1-5-19-12(2)14(8-16-19)9-18-7-6-13(11-20)15(10-18)17(3)4/h8,13,15,20H,5-7,9-11H2,1-4H3/t13-,15-/m1/s1. The first-order valence-electron chi connectivity index (χ1n) is 7.57. The Kier molecular flexibility index (Phi) is 5.18. The fourth-order valence-corrected chi connectivity index (χ4v) is 3.19. The lowest BCUT2D eigenvalue weighted by Gasteiger charge is -2.41. The summed E-state index contributed by atoms with van der Waals surface area (Å²) in [6.45, 7) is 8.55. The SMILES string of the molecule is CCn1ncc(CN2CC[C@H](CO)[C@H](N(C)C)C2)c1C. The lowest BCUT2D eigenvalue weighted by Crippen LogP contribution is -2.51. The lowest BCUT2D eigenvalue weighted by molar-refractivity contribution is 0.0460. The van der Waals surface area contributed by atoms with E-state index in [1.54, 1.807) is 0 Å². The number of hydrogen-bond acceptors (Lipinski definition) is 4. The monoisotopic (exact) mass is 280 g/mol. The van der Waals surface area contributed by atoms with Crippen LogP contribution in [-0.4, -0.2) is 64.5 Å². The Hall–Kier alpha value is -0.910. The molecule has 5 nitrogen and oxygen atoms in total. The van der Waals surface area contributed by atoms with Crippen molar-refractivity contribution in [2.24, 2.45) is 5.92 Å². The van der Waals surface area contributed by atoms with Gasteiger partial charge in [0.2, 0.25) is 0 Å². The minimum Gasteiger partial charge on any atom is -0.396 e. The number of nitrogens with zero attached hydrogens (tertiary/aromatic N) is 4. The molecule has 0 radical (unpaired) electrons. The molecule has 0 aromatic carbocycles. The molecule has 1 fully saturated rings. The van der Waals surface area contributed by atoms with E-state index in [9.17, 15) is 5.11 Å². The number of likely N-dealkylation sites (N-methyl/N-ethyl adjacent to an activating group) is 1. The van der Waals surface area contributed by atoms with E-state index in [2.05, 4.69) is 47.5 Å². The third-order valence-electron chi connectivity index (χ3n) is 4.60. The first-order valence-corrected chi connectivity index (χ1v) is 7.57. The summed E-state index contributed by atoms with van der Waals surface area (Å²) in [6.07, 6.45) is 3.07. The highest BCUT2D eigenvalue weighted by molar-refractivity contribution is 5.16. The number of hydrogen-bond donors (Lipinski definition) is 1. The van der Waals surface area contributed by atoms with Crippen LogP contribution in [0.4, 0.5) is 0 Å². The number of aryl methyl sites for hydroxylation is 1. The maximum atomic E-state index is 9.51. The van der Waals surface area contributed by atoms with E-state index in [1.165, 1.54) is 11.3 Å². The molecular weight excluding hydrogens is 252 g/mol. The molecule has 1 aromatic heterocycles. The van der Waals surface area contributed by atoms with Crippen molar-refractivity contribution in [2.75, 3.05) is 33.8 Å². The average Bonchev–Trinajstić information content (AvgIpc) is 2.79. The van der Waals surface area contributed by atoms with Gasteiger partial charge in [-0.2, -0.15) is 5.10 Å². The Morgan fingerprint density at radius 3 is 2.75 bits per heavy atom. The van der Waals surface area contributed by atoms with Gasteiger partial charge in [0, 0.05) is 43.5 Å². The van der Waals surface area contributed by atoms with Gasteiger partial charge in [0.1, 0.15) is 0 Å². The molecule has 0 spiro atoms. The maximum Gasteiger partial charge on any atom is 0.0537 e. The van der Waals surface area contributed by atoms with Gasteiger partial charge < -0.3 is 10.0 Å². The second-order valence-electron chi connectivity index (χ2n) is 6.07. The van der Waals surface area contributed by atoms with Crippen molar-refractivity contribution >= 4 is 0 Å². The second-order valence-corrected chi connectivity index (χ2v) is 6.07. The van der Waals surface area contributed by atoms with Gasteiger partial charge in [-0.1, -0.05) is 0 Å². The highest BCUT2D eigenvalue weighted by Crippen LogP contribution is 2.22. The van der Waals surface area contributed by atoms with Crippen molar-refractivity contribution in [1.29, 1.82) is 0 Å². The van der Waals surface area contributed by atoms with Crippen LogP contribution in [0, 0.1) is 12.8 Å². The fraction of sp³-hybridized carbons (Fsp3) is 0.800. The Morgan fingerprint density at radius 1 is 1.45 bits per heavy atom. The van der Waals surface area contributed by atoms with Gasteiger partial charge in [-0.15, -0.1) is 0 Å². The summed E-state index contributed by atoms with van der Waals surface area (Å²) in [6, 6.07) is 0.440. The number of piperidine rings is 1. The summed E-state index contributed by atoms with van der Waals surface area (Å²) in [5.74, 6) is 0.403. The number of likely N-dealkylation sites (tertiary alicyclic amines) is 1. The molecule has 0 saturated carbocycles. The average molecular weight is 280 g/mol. The van der Waals surface area contributed by atoms with E-state index in [-0.39, 0.29) is 0 Å². The van der Waals surface area contributed by atoms with Crippen molar-refractivity contribution in [3.63, 3.8) is 0 Å². The smallest absolute Gasteiger partial charge is 0.0537 e. The van der Waals surface area contributed by atoms with Gasteiger partial charge in [-0.25, -0.2) is 0 Å². The molecule has 0 unspecified atom stereocenters. The van der Waals surface area contributed by atoms with Gasteiger partial charge in [0.25, 0.3) is 0 Å². The molecule has 1 aromatic rings. The summed E-state index contributed by atoms with van der Waals surface area (Å²) in [7, 11) is 4.22. The molecule has 2 rings (SSSR count). The molecule has 1 saturated heterocycles. The highest BCUT2D eigenvalue weighted by atomic mass is 16.3. The summed E-state index contributed by atoms with van der Waals surface area (Å²) in [4.78, 5) is 4.73. The van der Waals surface area contributed by atoms with E-state index in [4.69, 9.17) is 0 Å². The van der Waals surface area contributed by atoms with Gasteiger partial charge in [0.15, 0.2) is 0 Å². The zero-order valence-corrected chi connectivity index (χ0v) is 13.2. The van der Waals surface area contributed by atoms with Crippen molar-refractivity contribution in [3.05, 3.63) is 17.5 Å². The zero-order chi connectivity index (χ0) is 14.7. The highest BCUT2D eigenvalue weighted by Gasteiger charge is 2.30. The summed E-state index contributed by atoms with van der Waals surface area (Å²) < 4.78 is 2.05. The molecule has 0 aliphatic carbocycles. The molecular formula is C15H28N4O. The minimum atomic E-state index is 0.295. The van der Waals surface area contributed by atoms with Crippen LogP contribution in [0.1, 0.15) is 24.6 Å². The molecule has 1 aliphatic rings. The van der Waals surface area contributed by atoms with Crippen LogP contribution in [0.25, 0.3) is 0 Å². The molecule has 1 aliphatic heterocycles. The van der Waals surface area contributed by atoms with Crippen LogP contribution in [-0.2, 0) is 13.1 Å². The molecule has 2 atom stereocenters. The van der Waals surface area contributed by atoms with Crippen molar-refractivity contribution in [2.45, 2.75) is 39.4 Å². The minimum absolute atomic E-state index is 0.295. The predicted octanol–water partition coefficient (Wildman–Crippen LogP) is 0.956. The Morgan fingerprint density at radius 2 is 2.20 bits per heavy atom. The first-order chi connectivity index (χ1) is 9.56. The van der Waals surface area contributed by atoms with Crippen molar-refractivity contribution in [1.82, 2.24) is 19.6 Å². The molecule has 5 heteroatoms. The number of aromatic nitrogens is 2. The maximum absolute atomic E-state index is 9.51. The van der Waals surface area contributed by atoms with Crippen LogP contribution in [0.2, 0.25) is 0 Å². The fourth-order valence-electron chi connectivity index (χ4n) is 3.19. The Labute approximate surface area is 122 Å².